The smallest absolute Gasteiger partial charge is 0.225 e. The second-order valence-electron chi connectivity index (χ2n) is 5.92. The Morgan fingerprint density at radius 1 is 1.53 bits per heavy atom. The van der Waals surface area contributed by atoms with Crippen molar-refractivity contribution in [1.82, 2.24) is 14.5 Å². The lowest BCUT2D eigenvalue weighted by Gasteiger charge is -2.32. The molecule has 2 N–H and O–H groups in total. The maximum absolute atomic E-state index is 12.5. The van der Waals surface area contributed by atoms with E-state index in [0.29, 0.717) is 12.5 Å². The fourth-order valence-corrected chi connectivity index (χ4v) is 3.01. The van der Waals surface area contributed by atoms with Gasteiger partial charge in [0.05, 0.1) is 6.54 Å². The fraction of sp³-hybridized carbons (Fsp3) is 0.714. The Kier molecular flexibility index (Phi) is 4.24. The van der Waals surface area contributed by atoms with Crippen molar-refractivity contribution < 1.29 is 4.79 Å². The lowest BCUT2D eigenvalue weighted by Crippen LogP contribution is -2.40. The molecule has 5 heteroatoms. The summed E-state index contributed by atoms with van der Waals surface area (Å²) >= 11 is 0. The second-order valence-corrected chi connectivity index (χ2v) is 5.92. The summed E-state index contributed by atoms with van der Waals surface area (Å²) in [5.74, 6) is 1.72. The molecule has 0 radical (unpaired) electrons. The zero-order valence-corrected chi connectivity index (χ0v) is 12.0. The predicted octanol–water partition coefficient (Wildman–Crippen LogP) is 1.14. The molecule has 0 saturated heterocycles. The summed E-state index contributed by atoms with van der Waals surface area (Å²) < 4.78 is 1.94. The number of hydrogen-bond donors (Lipinski definition) is 1. The third-order valence-corrected chi connectivity index (χ3v) is 4.00. The van der Waals surface area contributed by atoms with Gasteiger partial charge in [-0.3, -0.25) is 4.79 Å². The quantitative estimate of drug-likeness (QED) is 0.890. The van der Waals surface area contributed by atoms with Crippen molar-refractivity contribution in [2.24, 2.45) is 24.6 Å². The van der Waals surface area contributed by atoms with E-state index in [1.54, 1.807) is 11.1 Å². The number of amides is 1. The summed E-state index contributed by atoms with van der Waals surface area (Å²) in [5.41, 5.74) is 6.03. The number of nitrogens with zero attached hydrogens (tertiary/aromatic N) is 3. The largest absolute Gasteiger partial charge is 0.338 e. The molecule has 3 unspecified atom stereocenters. The van der Waals surface area contributed by atoms with Crippen molar-refractivity contribution in [2.45, 2.75) is 38.8 Å². The van der Waals surface area contributed by atoms with Crippen LogP contribution in [0.15, 0.2) is 12.4 Å². The van der Waals surface area contributed by atoms with E-state index in [1.807, 2.05) is 24.9 Å². The maximum atomic E-state index is 12.5. The molecule has 106 valence electrons. The highest BCUT2D eigenvalue weighted by molar-refractivity contribution is 5.78. The Morgan fingerprint density at radius 2 is 2.26 bits per heavy atom. The Morgan fingerprint density at radius 3 is 2.84 bits per heavy atom. The molecule has 1 saturated carbocycles. The van der Waals surface area contributed by atoms with Gasteiger partial charge in [-0.05, 0) is 25.2 Å². The molecule has 0 aliphatic heterocycles. The molecule has 19 heavy (non-hydrogen) atoms. The highest BCUT2D eigenvalue weighted by Gasteiger charge is 2.31. The maximum Gasteiger partial charge on any atom is 0.225 e. The van der Waals surface area contributed by atoms with Gasteiger partial charge in [0.2, 0.25) is 5.91 Å². The first-order chi connectivity index (χ1) is 8.97. The SMILES string of the molecule is CC1CC(N)CC(C(=O)N(C)Cc2nccn2C)C1. The summed E-state index contributed by atoms with van der Waals surface area (Å²) in [6.45, 7) is 2.74. The predicted molar refractivity (Wildman–Crippen MR) is 74.2 cm³/mol. The fourth-order valence-electron chi connectivity index (χ4n) is 3.01. The zero-order chi connectivity index (χ0) is 14.0. The minimum absolute atomic E-state index is 0.0732. The molecule has 1 fully saturated rings. The van der Waals surface area contributed by atoms with Crippen LogP contribution in [0.5, 0.6) is 0 Å². The van der Waals surface area contributed by atoms with Crippen LogP contribution < -0.4 is 5.73 Å². The summed E-state index contributed by atoms with van der Waals surface area (Å²) in [7, 11) is 3.79. The van der Waals surface area contributed by atoms with Gasteiger partial charge in [0, 0.05) is 38.4 Å². The monoisotopic (exact) mass is 264 g/mol. The van der Waals surface area contributed by atoms with Crippen LogP contribution in [0.25, 0.3) is 0 Å². The molecule has 0 aromatic carbocycles. The number of hydrogen-bond acceptors (Lipinski definition) is 3. The third-order valence-electron chi connectivity index (χ3n) is 4.00. The van der Waals surface area contributed by atoms with Gasteiger partial charge < -0.3 is 15.2 Å². The molecule has 1 aromatic heterocycles. The number of aromatic nitrogens is 2. The minimum Gasteiger partial charge on any atom is -0.338 e. The van der Waals surface area contributed by atoms with Gasteiger partial charge in [0.15, 0.2) is 0 Å². The van der Waals surface area contributed by atoms with Crippen molar-refractivity contribution in [3.63, 3.8) is 0 Å². The first kappa shape index (κ1) is 14.1. The number of carbonyl (C=O) groups excluding carboxylic acids is 1. The number of carbonyl (C=O) groups is 1. The Labute approximate surface area is 114 Å². The average molecular weight is 264 g/mol. The first-order valence-corrected chi connectivity index (χ1v) is 6.94. The van der Waals surface area contributed by atoms with E-state index in [0.717, 1.165) is 25.1 Å². The molecule has 1 amide bonds. The number of nitrogens with two attached hydrogens (primary N) is 1. The second kappa shape index (κ2) is 5.74. The highest BCUT2D eigenvalue weighted by Crippen LogP contribution is 2.29. The molecule has 2 rings (SSSR count). The van der Waals surface area contributed by atoms with E-state index in [4.69, 9.17) is 5.73 Å². The number of aryl methyl sites for hydroxylation is 1. The van der Waals surface area contributed by atoms with Crippen LogP contribution >= 0.6 is 0 Å². The van der Waals surface area contributed by atoms with Crippen LogP contribution in [0.2, 0.25) is 0 Å². The van der Waals surface area contributed by atoms with Crippen LogP contribution in [-0.4, -0.2) is 33.4 Å². The molecule has 1 aliphatic rings. The molecule has 0 spiro atoms. The van der Waals surface area contributed by atoms with E-state index in [1.165, 1.54) is 0 Å². The van der Waals surface area contributed by atoms with Crippen LogP contribution in [-0.2, 0) is 18.4 Å². The van der Waals surface area contributed by atoms with Crippen LogP contribution in [0, 0.1) is 11.8 Å². The van der Waals surface area contributed by atoms with E-state index in [9.17, 15) is 4.79 Å². The average Bonchev–Trinajstić information content (AvgIpc) is 2.72. The molecule has 5 nitrogen and oxygen atoms in total. The van der Waals surface area contributed by atoms with Gasteiger partial charge in [0.1, 0.15) is 5.82 Å². The standard InChI is InChI=1S/C14H24N4O/c1-10-6-11(8-12(15)7-10)14(19)18(3)9-13-16-4-5-17(13)2/h4-5,10-12H,6-9,15H2,1-3H3. The van der Waals surface area contributed by atoms with Gasteiger partial charge in [-0.1, -0.05) is 6.92 Å². The Bertz CT molecular complexity index is 432. The normalized spacial score (nSPS) is 27.3. The number of rotatable bonds is 3. The first-order valence-electron chi connectivity index (χ1n) is 6.94. The molecule has 1 aliphatic carbocycles. The molecule has 1 aromatic rings. The molecule has 3 atom stereocenters. The zero-order valence-electron chi connectivity index (χ0n) is 12.0. The molecule has 0 bridgehead atoms. The van der Waals surface area contributed by atoms with Gasteiger partial charge in [-0.2, -0.15) is 0 Å². The lowest BCUT2D eigenvalue weighted by molar-refractivity contribution is -0.136. The number of imidazole rings is 1. The van der Waals surface area contributed by atoms with E-state index >= 15 is 0 Å². The Balaban J connectivity index is 1.97. The third kappa shape index (κ3) is 3.35. The van der Waals surface area contributed by atoms with Crippen molar-refractivity contribution in [3.8, 4) is 0 Å². The summed E-state index contributed by atoms with van der Waals surface area (Å²) in [5, 5.41) is 0. The van der Waals surface area contributed by atoms with E-state index in [-0.39, 0.29) is 17.9 Å². The summed E-state index contributed by atoms with van der Waals surface area (Å²) in [4.78, 5) is 18.5. The van der Waals surface area contributed by atoms with E-state index < -0.39 is 0 Å². The minimum atomic E-state index is 0.0732. The van der Waals surface area contributed by atoms with E-state index in [2.05, 4.69) is 11.9 Å². The molecular weight excluding hydrogens is 240 g/mol. The van der Waals surface area contributed by atoms with Gasteiger partial charge in [-0.15, -0.1) is 0 Å². The lowest BCUT2D eigenvalue weighted by atomic mass is 9.79. The van der Waals surface area contributed by atoms with Crippen LogP contribution in [0.4, 0.5) is 0 Å². The van der Waals surface area contributed by atoms with Crippen molar-refractivity contribution >= 4 is 5.91 Å². The summed E-state index contributed by atoms with van der Waals surface area (Å²) in [6.07, 6.45) is 6.46. The van der Waals surface area contributed by atoms with Crippen molar-refractivity contribution in [1.29, 1.82) is 0 Å². The molecule has 1 heterocycles. The highest BCUT2D eigenvalue weighted by atomic mass is 16.2. The summed E-state index contributed by atoms with van der Waals surface area (Å²) in [6, 6.07) is 0.166. The Hall–Kier alpha value is -1.36. The van der Waals surface area contributed by atoms with Crippen LogP contribution in [0.3, 0.4) is 0 Å². The van der Waals surface area contributed by atoms with Gasteiger partial charge >= 0.3 is 0 Å². The molecular formula is C14H24N4O. The van der Waals surface area contributed by atoms with Gasteiger partial charge in [-0.25, -0.2) is 4.98 Å². The van der Waals surface area contributed by atoms with Crippen LogP contribution in [0.1, 0.15) is 32.0 Å². The topological polar surface area (TPSA) is 64.2 Å². The van der Waals surface area contributed by atoms with Crippen molar-refractivity contribution in [2.75, 3.05) is 7.05 Å². The van der Waals surface area contributed by atoms with Crippen molar-refractivity contribution in [3.05, 3.63) is 18.2 Å². The van der Waals surface area contributed by atoms with Gasteiger partial charge in [0.25, 0.3) is 0 Å².